The number of alkyl halides is 3. The SMILES string of the molecule is O=C(NCCc1ccc(C(F)(F)F)cc1)N1CCN(S(=O)(=O)c2ccccc2F)CC1. The molecule has 0 unspecified atom stereocenters. The maximum Gasteiger partial charge on any atom is 0.416 e. The van der Waals surface area contributed by atoms with Gasteiger partial charge in [-0.05, 0) is 36.2 Å². The lowest BCUT2D eigenvalue weighted by Gasteiger charge is -2.34. The molecular weight excluding hydrogens is 438 g/mol. The molecule has 1 heterocycles. The van der Waals surface area contributed by atoms with Crippen molar-refractivity contribution in [3.05, 3.63) is 65.5 Å². The van der Waals surface area contributed by atoms with Gasteiger partial charge in [0.05, 0.1) is 5.56 Å². The summed E-state index contributed by atoms with van der Waals surface area (Å²) in [7, 11) is -3.99. The lowest BCUT2D eigenvalue weighted by Crippen LogP contribution is -2.53. The molecule has 6 nitrogen and oxygen atoms in total. The van der Waals surface area contributed by atoms with Crippen LogP contribution < -0.4 is 5.32 Å². The first-order valence-electron chi connectivity index (χ1n) is 9.52. The molecule has 31 heavy (non-hydrogen) atoms. The second-order valence-corrected chi connectivity index (χ2v) is 8.90. The van der Waals surface area contributed by atoms with Crippen molar-refractivity contribution in [3.63, 3.8) is 0 Å². The molecule has 2 amide bonds. The number of carbonyl (C=O) groups excluding carboxylic acids is 1. The van der Waals surface area contributed by atoms with E-state index in [1.807, 2.05) is 0 Å². The van der Waals surface area contributed by atoms with Crippen LogP contribution in [0.3, 0.4) is 0 Å². The van der Waals surface area contributed by atoms with Gasteiger partial charge in [0, 0.05) is 32.7 Å². The third kappa shape index (κ3) is 5.53. The number of carbonyl (C=O) groups is 1. The molecule has 1 aliphatic heterocycles. The number of sulfonamides is 1. The Labute approximate surface area is 177 Å². The van der Waals surface area contributed by atoms with Gasteiger partial charge in [0.1, 0.15) is 10.7 Å². The predicted molar refractivity (Wildman–Crippen MR) is 105 cm³/mol. The van der Waals surface area contributed by atoms with E-state index in [1.54, 1.807) is 0 Å². The molecule has 11 heteroatoms. The zero-order valence-electron chi connectivity index (χ0n) is 16.4. The molecule has 1 fully saturated rings. The van der Waals surface area contributed by atoms with Crippen molar-refractivity contribution in [1.29, 1.82) is 0 Å². The van der Waals surface area contributed by atoms with Gasteiger partial charge in [-0.2, -0.15) is 17.5 Å². The molecule has 0 spiro atoms. The lowest BCUT2D eigenvalue weighted by atomic mass is 10.1. The second-order valence-electron chi connectivity index (χ2n) is 7.00. The topological polar surface area (TPSA) is 69.7 Å². The van der Waals surface area contributed by atoms with Crippen LogP contribution >= 0.6 is 0 Å². The number of benzene rings is 2. The molecule has 1 saturated heterocycles. The van der Waals surface area contributed by atoms with Gasteiger partial charge in [-0.3, -0.25) is 0 Å². The van der Waals surface area contributed by atoms with Gasteiger partial charge in [0.2, 0.25) is 10.0 Å². The van der Waals surface area contributed by atoms with E-state index in [0.717, 1.165) is 22.5 Å². The van der Waals surface area contributed by atoms with Crippen LogP contribution in [0, 0.1) is 5.82 Å². The summed E-state index contributed by atoms with van der Waals surface area (Å²) < 4.78 is 77.9. The number of amides is 2. The van der Waals surface area contributed by atoms with Crippen molar-refractivity contribution in [2.45, 2.75) is 17.5 Å². The molecule has 0 bridgehead atoms. The molecule has 0 aromatic heterocycles. The summed E-state index contributed by atoms with van der Waals surface area (Å²) in [4.78, 5) is 13.3. The summed E-state index contributed by atoms with van der Waals surface area (Å²) in [5, 5.41) is 2.68. The highest BCUT2D eigenvalue weighted by Crippen LogP contribution is 2.29. The maximum absolute atomic E-state index is 13.9. The minimum Gasteiger partial charge on any atom is -0.338 e. The van der Waals surface area contributed by atoms with Crippen LogP contribution in [-0.4, -0.2) is 56.4 Å². The van der Waals surface area contributed by atoms with E-state index in [0.29, 0.717) is 12.0 Å². The van der Waals surface area contributed by atoms with Gasteiger partial charge >= 0.3 is 12.2 Å². The second kappa shape index (κ2) is 9.23. The van der Waals surface area contributed by atoms with Crippen LogP contribution in [-0.2, 0) is 22.6 Å². The van der Waals surface area contributed by atoms with Crippen molar-refractivity contribution >= 4 is 16.1 Å². The fourth-order valence-corrected chi connectivity index (χ4v) is 4.70. The highest BCUT2D eigenvalue weighted by atomic mass is 32.2. The molecule has 2 aromatic carbocycles. The average molecular weight is 459 g/mol. The van der Waals surface area contributed by atoms with Gasteiger partial charge in [-0.15, -0.1) is 0 Å². The standard InChI is InChI=1S/C20H21F4N3O3S/c21-17-3-1-2-4-18(17)31(29,30)27-13-11-26(12-14-27)19(28)25-10-9-15-5-7-16(8-6-15)20(22,23)24/h1-8H,9-14H2,(H,25,28). The van der Waals surface area contributed by atoms with Crippen molar-refractivity contribution in [1.82, 2.24) is 14.5 Å². The summed E-state index contributed by atoms with van der Waals surface area (Å²) in [6.07, 6.45) is -4.04. The Balaban J connectivity index is 1.48. The van der Waals surface area contributed by atoms with Crippen LogP contribution in [0.1, 0.15) is 11.1 Å². The van der Waals surface area contributed by atoms with E-state index in [1.165, 1.54) is 35.2 Å². The highest BCUT2D eigenvalue weighted by Gasteiger charge is 2.32. The normalized spacial score (nSPS) is 15.7. The quantitative estimate of drug-likeness (QED) is 0.699. The number of urea groups is 1. The monoisotopic (exact) mass is 459 g/mol. The summed E-state index contributed by atoms with van der Waals surface area (Å²) in [6.45, 7) is 0.559. The fourth-order valence-electron chi connectivity index (χ4n) is 3.21. The van der Waals surface area contributed by atoms with Crippen LogP contribution in [0.2, 0.25) is 0 Å². The Bertz CT molecular complexity index is 1020. The van der Waals surface area contributed by atoms with Gasteiger partial charge in [-0.1, -0.05) is 24.3 Å². The zero-order valence-corrected chi connectivity index (χ0v) is 17.2. The van der Waals surface area contributed by atoms with Gasteiger partial charge in [0.15, 0.2) is 0 Å². The Kier molecular flexibility index (Phi) is 6.85. The first-order chi connectivity index (χ1) is 14.6. The predicted octanol–water partition coefficient (Wildman–Crippen LogP) is 3.10. The number of halogens is 4. The molecule has 2 aromatic rings. The number of nitrogens with one attached hydrogen (secondary N) is 1. The number of hydrogen-bond donors (Lipinski definition) is 1. The lowest BCUT2D eigenvalue weighted by molar-refractivity contribution is -0.137. The largest absolute Gasteiger partial charge is 0.416 e. The van der Waals surface area contributed by atoms with E-state index in [2.05, 4.69) is 5.32 Å². The third-order valence-electron chi connectivity index (χ3n) is 4.95. The fraction of sp³-hybridized carbons (Fsp3) is 0.350. The molecule has 3 rings (SSSR count). The molecule has 1 N–H and O–H groups in total. The number of piperazine rings is 1. The number of nitrogens with zero attached hydrogens (tertiary/aromatic N) is 2. The van der Waals surface area contributed by atoms with E-state index in [-0.39, 0.29) is 32.7 Å². The van der Waals surface area contributed by atoms with E-state index in [9.17, 15) is 30.8 Å². The molecule has 0 radical (unpaired) electrons. The smallest absolute Gasteiger partial charge is 0.338 e. The first kappa shape index (κ1) is 23.0. The van der Waals surface area contributed by atoms with Crippen LogP contribution in [0.5, 0.6) is 0 Å². The third-order valence-corrected chi connectivity index (χ3v) is 6.88. The minimum absolute atomic E-state index is 0.0307. The average Bonchev–Trinajstić information content (AvgIpc) is 2.73. The van der Waals surface area contributed by atoms with Crippen molar-refractivity contribution < 1.29 is 30.8 Å². The summed E-state index contributed by atoms with van der Waals surface area (Å²) in [5.41, 5.74) is -0.0856. The number of hydrogen-bond acceptors (Lipinski definition) is 3. The maximum atomic E-state index is 13.9. The highest BCUT2D eigenvalue weighted by molar-refractivity contribution is 7.89. The van der Waals surface area contributed by atoms with Crippen LogP contribution in [0.25, 0.3) is 0 Å². The van der Waals surface area contributed by atoms with Crippen LogP contribution in [0.15, 0.2) is 53.4 Å². The van der Waals surface area contributed by atoms with Crippen molar-refractivity contribution in [2.24, 2.45) is 0 Å². The Hall–Kier alpha value is -2.66. The van der Waals surface area contributed by atoms with Gasteiger partial charge in [0.25, 0.3) is 0 Å². The summed E-state index contributed by atoms with van der Waals surface area (Å²) in [6, 6.07) is 9.44. The summed E-state index contributed by atoms with van der Waals surface area (Å²) in [5.74, 6) is -0.828. The molecule has 0 saturated carbocycles. The summed E-state index contributed by atoms with van der Waals surface area (Å²) >= 11 is 0. The van der Waals surface area contributed by atoms with Crippen LogP contribution in [0.4, 0.5) is 22.4 Å². The molecule has 1 aliphatic rings. The molecule has 0 aliphatic carbocycles. The Morgan fingerprint density at radius 3 is 2.16 bits per heavy atom. The Morgan fingerprint density at radius 2 is 1.58 bits per heavy atom. The van der Waals surface area contributed by atoms with Gasteiger partial charge in [-0.25, -0.2) is 17.6 Å². The Morgan fingerprint density at radius 1 is 0.968 bits per heavy atom. The first-order valence-corrected chi connectivity index (χ1v) is 11.0. The van der Waals surface area contributed by atoms with Crippen molar-refractivity contribution in [2.75, 3.05) is 32.7 Å². The molecular formula is C20H21F4N3O3S. The van der Waals surface area contributed by atoms with Crippen molar-refractivity contribution in [3.8, 4) is 0 Å². The molecule has 0 atom stereocenters. The van der Waals surface area contributed by atoms with E-state index >= 15 is 0 Å². The minimum atomic E-state index is -4.39. The van der Waals surface area contributed by atoms with E-state index in [4.69, 9.17) is 0 Å². The zero-order chi connectivity index (χ0) is 22.6. The van der Waals surface area contributed by atoms with Gasteiger partial charge < -0.3 is 10.2 Å². The molecule has 168 valence electrons. The van der Waals surface area contributed by atoms with E-state index < -0.39 is 38.5 Å². The number of rotatable bonds is 5.